The van der Waals surface area contributed by atoms with E-state index in [1.807, 2.05) is 59.2 Å². The molecule has 1 aliphatic heterocycles. The van der Waals surface area contributed by atoms with Crippen molar-refractivity contribution in [3.63, 3.8) is 0 Å². The lowest BCUT2D eigenvalue weighted by Crippen LogP contribution is -2.06. The number of halogens is 1. The molecule has 0 saturated heterocycles. The molecular weight excluding hydrogens is 520 g/mol. The van der Waals surface area contributed by atoms with Crippen LogP contribution in [0.1, 0.15) is 16.1 Å². The Morgan fingerprint density at radius 3 is 2.11 bits per heavy atom. The van der Waals surface area contributed by atoms with Crippen LogP contribution in [0.2, 0.25) is 5.02 Å². The van der Waals surface area contributed by atoms with Gasteiger partial charge in [0.15, 0.2) is 22.9 Å². The number of nitrogens with zero attached hydrogens (tertiary/aromatic N) is 2. The highest BCUT2D eigenvalue weighted by Gasteiger charge is 2.22. The molecule has 36 heavy (non-hydrogen) atoms. The molecule has 7 nitrogen and oxygen atoms in total. The highest BCUT2D eigenvalue weighted by Crippen LogP contribution is 2.40. The molecule has 2 heterocycles. The molecule has 0 saturated carbocycles. The number of hydrogen-bond donors (Lipinski definition) is 0. The summed E-state index contributed by atoms with van der Waals surface area (Å²) in [5.41, 5.74) is 1.25. The van der Waals surface area contributed by atoms with Gasteiger partial charge >= 0.3 is 0 Å². The maximum atomic E-state index is 12.4. The number of ether oxygens (including phenoxy) is 4. The van der Waals surface area contributed by atoms with Crippen LogP contribution in [0.15, 0.2) is 80.6 Å². The zero-order valence-corrected chi connectivity index (χ0v) is 21.8. The van der Waals surface area contributed by atoms with Gasteiger partial charge in [-0.15, -0.1) is 0 Å². The van der Waals surface area contributed by atoms with Crippen LogP contribution in [0.25, 0.3) is 0 Å². The third kappa shape index (κ3) is 5.13. The number of fused-ring (bicyclic) bond motifs is 1. The number of methoxy groups -OCH3 is 2. The fourth-order valence-electron chi connectivity index (χ4n) is 3.60. The number of aldehydes is 1. The van der Waals surface area contributed by atoms with E-state index in [0.29, 0.717) is 38.9 Å². The van der Waals surface area contributed by atoms with E-state index in [9.17, 15) is 4.79 Å². The summed E-state index contributed by atoms with van der Waals surface area (Å²) in [7, 11) is 3.25. The SMILES string of the molecule is COc1ccc(Sc2nc(Sc3ccc(OC)cc3)n(Cc3cc4c(cc3Cl)OCO4)c2C=O)cc1. The van der Waals surface area contributed by atoms with Crippen molar-refractivity contribution in [1.29, 1.82) is 0 Å². The fourth-order valence-corrected chi connectivity index (χ4v) is 5.65. The minimum Gasteiger partial charge on any atom is -0.497 e. The third-order valence-corrected chi connectivity index (χ3v) is 7.82. The van der Waals surface area contributed by atoms with Crippen LogP contribution in [0.5, 0.6) is 23.0 Å². The van der Waals surface area contributed by atoms with Crippen molar-refractivity contribution in [2.24, 2.45) is 0 Å². The first-order valence-corrected chi connectivity index (χ1v) is 12.9. The van der Waals surface area contributed by atoms with E-state index in [-0.39, 0.29) is 6.79 Å². The quantitative estimate of drug-likeness (QED) is 0.224. The summed E-state index contributed by atoms with van der Waals surface area (Å²) in [5, 5.41) is 1.78. The molecule has 10 heteroatoms. The van der Waals surface area contributed by atoms with E-state index in [0.717, 1.165) is 33.1 Å². The normalized spacial score (nSPS) is 12.0. The van der Waals surface area contributed by atoms with Gasteiger partial charge in [-0.3, -0.25) is 4.79 Å². The summed E-state index contributed by atoms with van der Waals surface area (Å²) in [6, 6.07) is 18.9. The number of aromatic nitrogens is 2. The van der Waals surface area contributed by atoms with Crippen molar-refractivity contribution in [2.75, 3.05) is 21.0 Å². The number of rotatable bonds is 9. The average Bonchev–Trinajstić information content (AvgIpc) is 3.48. The maximum Gasteiger partial charge on any atom is 0.231 e. The number of hydrogen-bond acceptors (Lipinski definition) is 8. The lowest BCUT2D eigenvalue weighted by atomic mass is 10.2. The zero-order chi connectivity index (χ0) is 25.1. The smallest absolute Gasteiger partial charge is 0.231 e. The molecule has 5 rings (SSSR count). The molecule has 0 aliphatic carbocycles. The highest BCUT2D eigenvalue weighted by molar-refractivity contribution is 8.00. The van der Waals surface area contributed by atoms with Crippen LogP contribution < -0.4 is 18.9 Å². The largest absolute Gasteiger partial charge is 0.497 e. The van der Waals surface area contributed by atoms with Crippen molar-refractivity contribution in [3.8, 4) is 23.0 Å². The summed E-state index contributed by atoms with van der Waals surface area (Å²) >= 11 is 9.44. The third-order valence-electron chi connectivity index (χ3n) is 5.46. The summed E-state index contributed by atoms with van der Waals surface area (Å²) in [6.45, 7) is 0.485. The Hall–Kier alpha value is -3.27. The minimum atomic E-state index is 0.154. The van der Waals surface area contributed by atoms with Crippen molar-refractivity contribution in [2.45, 2.75) is 26.5 Å². The van der Waals surface area contributed by atoms with Crippen molar-refractivity contribution in [3.05, 3.63) is 76.9 Å². The summed E-state index contributed by atoms with van der Waals surface area (Å²) in [5.74, 6) is 2.75. The summed E-state index contributed by atoms with van der Waals surface area (Å²) in [4.78, 5) is 19.1. The zero-order valence-electron chi connectivity index (χ0n) is 19.4. The van der Waals surface area contributed by atoms with E-state index in [1.165, 1.54) is 23.5 Å². The second-order valence-corrected chi connectivity index (χ2v) is 10.2. The monoisotopic (exact) mass is 540 g/mol. The molecule has 0 spiro atoms. The molecule has 0 radical (unpaired) electrons. The molecule has 0 unspecified atom stereocenters. The Balaban J connectivity index is 1.53. The predicted molar refractivity (Wildman–Crippen MR) is 139 cm³/mol. The van der Waals surface area contributed by atoms with Crippen molar-refractivity contribution >= 4 is 41.4 Å². The Bertz CT molecular complexity index is 1390. The standard InChI is InChI=1S/C26H21ClN2O5S2/c1-31-17-3-7-19(8-4-17)35-25-22(14-30)29(13-16-11-23-24(12-21(16)27)34-15-33-23)26(28-25)36-20-9-5-18(32-2)6-10-20/h3-12,14H,13,15H2,1-2H3. The van der Waals surface area contributed by atoms with Crippen molar-refractivity contribution in [1.82, 2.24) is 9.55 Å². The van der Waals surface area contributed by atoms with E-state index < -0.39 is 0 Å². The molecule has 1 aromatic heterocycles. The van der Waals surface area contributed by atoms with E-state index in [2.05, 4.69) is 0 Å². The van der Waals surface area contributed by atoms with Gasteiger partial charge in [-0.25, -0.2) is 4.98 Å². The molecule has 4 aromatic rings. The van der Waals surface area contributed by atoms with Gasteiger partial charge in [-0.1, -0.05) is 35.1 Å². The Morgan fingerprint density at radius 2 is 1.53 bits per heavy atom. The summed E-state index contributed by atoms with van der Waals surface area (Å²) < 4.78 is 23.4. The molecule has 0 N–H and O–H groups in total. The molecule has 1 aliphatic rings. The fraction of sp³-hybridized carbons (Fsp3) is 0.154. The van der Waals surface area contributed by atoms with Crippen LogP contribution in [-0.2, 0) is 6.54 Å². The second kappa shape index (κ2) is 10.8. The highest BCUT2D eigenvalue weighted by atomic mass is 35.5. The van der Waals surface area contributed by atoms with Gasteiger partial charge in [0.2, 0.25) is 6.79 Å². The van der Waals surface area contributed by atoms with Crippen LogP contribution in [0.3, 0.4) is 0 Å². The van der Waals surface area contributed by atoms with Gasteiger partial charge in [-0.05, 0) is 60.2 Å². The van der Waals surface area contributed by atoms with Crippen LogP contribution >= 0.6 is 35.1 Å². The van der Waals surface area contributed by atoms with Gasteiger partial charge < -0.3 is 23.5 Å². The van der Waals surface area contributed by atoms with E-state index in [1.54, 1.807) is 20.3 Å². The molecular formula is C26H21ClN2O5S2. The molecule has 0 fully saturated rings. The van der Waals surface area contributed by atoms with Crippen LogP contribution in [0.4, 0.5) is 0 Å². The van der Waals surface area contributed by atoms with E-state index in [4.69, 9.17) is 35.5 Å². The summed E-state index contributed by atoms with van der Waals surface area (Å²) in [6.07, 6.45) is 0.831. The number of imidazole rings is 1. The Morgan fingerprint density at radius 1 is 0.944 bits per heavy atom. The van der Waals surface area contributed by atoms with Crippen LogP contribution in [-0.4, -0.2) is 36.8 Å². The second-order valence-electron chi connectivity index (χ2n) is 7.64. The Labute approximate surface area is 221 Å². The minimum absolute atomic E-state index is 0.154. The Kier molecular flexibility index (Phi) is 7.31. The molecule has 3 aromatic carbocycles. The molecule has 0 amide bonds. The van der Waals surface area contributed by atoms with Gasteiger partial charge in [-0.2, -0.15) is 0 Å². The molecule has 0 bridgehead atoms. The lowest BCUT2D eigenvalue weighted by molar-refractivity contribution is 0.111. The first kappa shape index (κ1) is 24.4. The first-order valence-electron chi connectivity index (χ1n) is 10.9. The van der Waals surface area contributed by atoms with Gasteiger partial charge in [0.05, 0.1) is 20.8 Å². The first-order chi connectivity index (χ1) is 17.6. The number of carbonyl (C=O) groups is 1. The van der Waals surface area contributed by atoms with Gasteiger partial charge in [0, 0.05) is 20.9 Å². The lowest BCUT2D eigenvalue weighted by Gasteiger charge is -2.12. The topological polar surface area (TPSA) is 71.8 Å². The van der Waals surface area contributed by atoms with Gasteiger partial charge in [0.25, 0.3) is 0 Å². The average molecular weight is 541 g/mol. The van der Waals surface area contributed by atoms with Crippen molar-refractivity contribution < 1.29 is 23.7 Å². The van der Waals surface area contributed by atoms with E-state index >= 15 is 0 Å². The predicted octanol–water partition coefficient (Wildman–Crippen LogP) is 6.45. The molecule has 0 atom stereocenters. The maximum absolute atomic E-state index is 12.4. The number of benzene rings is 3. The molecule has 184 valence electrons. The van der Waals surface area contributed by atoms with Gasteiger partial charge in [0.1, 0.15) is 22.2 Å². The number of carbonyl (C=O) groups excluding carboxylic acids is 1. The van der Waals surface area contributed by atoms with Crippen LogP contribution in [0, 0.1) is 0 Å².